The summed E-state index contributed by atoms with van der Waals surface area (Å²) >= 11 is 0. The molecule has 0 aliphatic rings. The summed E-state index contributed by atoms with van der Waals surface area (Å²) < 4.78 is 42.8. The third-order valence-corrected chi connectivity index (χ3v) is 7.00. The van der Waals surface area contributed by atoms with Crippen molar-refractivity contribution in [1.29, 1.82) is 0 Å². The maximum Gasteiger partial charge on any atom is 2.00 e. The van der Waals surface area contributed by atoms with Gasteiger partial charge in [-0.15, -0.1) is 59.7 Å². The van der Waals surface area contributed by atoms with Gasteiger partial charge in [-0.1, -0.05) is 54.5 Å². The van der Waals surface area contributed by atoms with Crippen molar-refractivity contribution in [2.24, 2.45) is 0 Å². The van der Waals surface area contributed by atoms with Gasteiger partial charge in [0.1, 0.15) is 12.7 Å². The van der Waals surface area contributed by atoms with E-state index in [0.29, 0.717) is 33.9 Å². The number of anilines is 3. The van der Waals surface area contributed by atoms with Crippen molar-refractivity contribution in [1.82, 2.24) is 19.9 Å². The Morgan fingerprint density at radius 1 is 0.595 bits per heavy atom. The molecule has 2 heterocycles. The molecule has 0 spiro atoms. The minimum absolute atomic E-state index is 0. The molecular weight excluding hydrogens is 698 g/mol. The average Bonchev–Trinajstić information content (AvgIpc) is 3.08. The molecule has 0 unspecified atom stereocenters. The van der Waals surface area contributed by atoms with Gasteiger partial charge in [-0.3, -0.25) is 9.97 Å². The molecule has 0 aliphatic heterocycles. The fourth-order valence-electron chi connectivity index (χ4n) is 5.08. The molecular formula is C36H25N5Pt. The van der Waals surface area contributed by atoms with E-state index in [1.165, 1.54) is 12.7 Å². The quantitative estimate of drug-likeness (QED) is 0.166. The van der Waals surface area contributed by atoms with Crippen molar-refractivity contribution in [2.45, 2.75) is 13.8 Å². The van der Waals surface area contributed by atoms with Crippen LogP contribution in [0.15, 0.2) is 116 Å². The van der Waals surface area contributed by atoms with Crippen LogP contribution in [0.3, 0.4) is 0 Å². The summed E-state index contributed by atoms with van der Waals surface area (Å²) in [6, 6.07) is 27.6. The predicted octanol–water partition coefficient (Wildman–Crippen LogP) is 8.59. The molecule has 7 rings (SSSR count). The molecule has 6 heteroatoms. The molecule has 5 aromatic carbocycles. The van der Waals surface area contributed by atoms with Gasteiger partial charge in [0.15, 0.2) is 0 Å². The van der Waals surface area contributed by atoms with Gasteiger partial charge in [-0.05, 0) is 70.6 Å². The molecule has 0 bridgehead atoms. The summed E-state index contributed by atoms with van der Waals surface area (Å²) in [5.74, 6) is 0. The Hall–Kier alpha value is -4.73. The predicted molar refractivity (Wildman–Crippen MR) is 165 cm³/mol. The van der Waals surface area contributed by atoms with Gasteiger partial charge in [-0.25, -0.2) is 9.97 Å². The Labute approximate surface area is 266 Å². The zero-order chi connectivity index (χ0) is 32.1. The van der Waals surface area contributed by atoms with Crippen molar-refractivity contribution >= 4 is 38.9 Å². The summed E-state index contributed by atoms with van der Waals surface area (Å²) in [6.45, 7) is 3.98. The van der Waals surface area contributed by atoms with Crippen LogP contribution in [-0.2, 0) is 21.1 Å². The Morgan fingerprint density at radius 3 is 1.57 bits per heavy atom. The van der Waals surface area contributed by atoms with Crippen LogP contribution in [0.2, 0.25) is 0 Å². The SMILES string of the molecule is [2H]c1c([2H])c([2H])c(N(c2[c-]c(-c3ncnc4c(C)cccc34)ccc2)c2[c-]c(-c3ncnc4c(C)cccc34)ccc2)c([2H])c1[2H].[Pt+2]. The fraction of sp³-hybridized carbons (Fsp3) is 0.0556. The number of aromatic nitrogens is 4. The van der Waals surface area contributed by atoms with Crippen molar-refractivity contribution in [3.63, 3.8) is 0 Å². The number of para-hydroxylation sites is 3. The zero-order valence-corrected chi connectivity index (χ0v) is 24.9. The maximum atomic E-state index is 8.88. The first-order valence-electron chi connectivity index (χ1n) is 15.6. The van der Waals surface area contributed by atoms with Crippen molar-refractivity contribution < 1.29 is 27.9 Å². The van der Waals surface area contributed by atoms with Crippen LogP contribution in [0, 0.1) is 26.0 Å². The van der Waals surface area contributed by atoms with Crippen LogP contribution in [-0.4, -0.2) is 19.9 Å². The van der Waals surface area contributed by atoms with Gasteiger partial charge in [-0.2, -0.15) is 0 Å². The van der Waals surface area contributed by atoms with E-state index in [9.17, 15) is 0 Å². The van der Waals surface area contributed by atoms with Crippen LogP contribution in [0.25, 0.3) is 44.3 Å². The normalized spacial score (nSPS) is 12.6. The van der Waals surface area contributed by atoms with E-state index >= 15 is 0 Å². The summed E-state index contributed by atoms with van der Waals surface area (Å²) in [4.78, 5) is 19.7. The van der Waals surface area contributed by atoms with Gasteiger partial charge in [0.05, 0.1) is 17.9 Å². The summed E-state index contributed by atoms with van der Waals surface area (Å²) in [5.41, 5.74) is 7.15. The third kappa shape index (κ3) is 4.97. The molecule has 0 saturated heterocycles. The van der Waals surface area contributed by atoms with Crippen molar-refractivity contribution in [3.05, 3.63) is 139 Å². The average molecular weight is 728 g/mol. The van der Waals surface area contributed by atoms with Crippen molar-refractivity contribution in [3.8, 4) is 22.5 Å². The van der Waals surface area contributed by atoms with Crippen LogP contribution in [0.4, 0.5) is 17.1 Å². The summed E-state index contributed by atoms with van der Waals surface area (Å²) in [7, 11) is 0. The Kier molecular flexibility index (Phi) is 6.08. The Balaban J connectivity index is 0.00000386. The first-order valence-corrected chi connectivity index (χ1v) is 13.1. The largest absolute Gasteiger partial charge is 2.00 e. The summed E-state index contributed by atoms with van der Waals surface area (Å²) in [5, 5.41) is 1.70. The van der Waals surface area contributed by atoms with Crippen LogP contribution < -0.4 is 4.90 Å². The van der Waals surface area contributed by atoms with Gasteiger partial charge in [0.25, 0.3) is 0 Å². The molecule has 0 N–H and O–H groups in total. The van der Waals surface area contributed by atoms with Crippen LogP contribution >= 0.6 is 0 Å². The molecule has 5 nitrogen and oxygen atoms in total. The standard InChI is InChI=1S/C36H25N5.Pt/c1-24-10-6-18-31-33(24)37-22-39-35(31)26-12-8-16-29(20-26)41(28-14-4-3-5-15-28)30-17-9-13-27(21-30)36-32-19-7-11-25(2)34(32)38-23-40-36;/h3-19,22-23H,1-2H3;/q-2;+2/i3D,4D,5D,14D,15D;. The molecule has 2 aromatic heterocycles. The maximum absolute atomic E-state index is 8.88. The molecule has 0 saturated carbocycles. The number of nitrogens with zero attached hydrogens (tertiary/aromatic N) is 5. The molecule has 204 valence electrons. The van der Waals surface area contributed by atoms with Gasteiger partial charge in [0, 0.05) is 5.69 Å². The van der Waals surface area contributed by atoms with E-state index in [-0.39, 0.29) is 38.8 Å². The second kappa shape index (κ2) is 11.6. The van der Waals surface area contributed by atoms with Gasteiger partial charge < -0.3 is 4.90 Å². The number of hydrogen-bond acceptors (Lipinski definition) is 5. The zero-order valence-electron chi connectivity index (χ0n) is 27.6. The monoisotopic (exact) mass is 727 g/mol. The third-order valence-electron chi connectivity index (χ3n) is 7.00. The van der Waals surface area contributed by atoms with E-state index in [2.05, 4.69) is 32.1 Å². The van der Waals surface area contributed by atoms with Crippen LogP contribution in [0.5, 0.6) is 0 Å². The molecule has 0 aliphatic carbocycles. The van der Waals surface area contributed by atoms with Gasteiger partial charge in [0.2, 0.25) is 0 Å². The minimum Gasteiger partial charge on any atom is -0.346 e. The van der Waals surface area contributed by atoms with Gasteiger partial charge >= 0.3 is 21.1 Å². The second-order valence-corrected chi connectivity index (χ2v) is 9.60. The fourth-order valence-corrected chi connectivity index (χ4v) is 5.08. The van der Waals surface area contributed by atoms with E-state index < -0.39 is 18.1 Å². The first-order chi connectivity index (χ1) is 22.2. The van der Waals surface area contributed by atoms with Crippen LogP contribution in [0.1, 0.15) is 18.0 Å². The smallest absolute Gasteiger partial charge is 0.346 e. The number of aryl methyl sites for hydroxylation is 2. The van der Waals surface area contributed by atoms with E-state index in [4.69, 9.17) is 6.85 Å². The number of hydrogen-bond donors (Lipinski definition) is 0. The molecule has 0 amide bonds. The number of fused-ring (bicyclic) bond motifs is 2. The van der Waals surface area contributed by atoms with E-state index in [0.717, 1.165) is 32.9 Å². The molecule has 0 fully saturated rings. The molecule has 42 heavy (non-hydrogen) atoms. The molecule has 7 aromatic rings. The van der Waals surface area contributed by atoms with E-state index in [1.54, 1.807) is 17.0 Å². The number of rotatable bonds is 5. The molecule has 0 radical (unpaired) electrons. The Bertz CT molecular complexity index is 2170. The minimum atomic E-state index is -0.472. The topological polar surface area (TPSA) is 54.8 Å². The summed E-state index contributed by atoms with van der Waals surface area (Å²) in [6.07, 6.45) is 3.03. The number of benzene rings is 5. The molecule has 0 atom stereocenters. The van der Waals surface area contributed by atoms with E-state index in [1.807, 2.05) is 74.5 Å². The Morgan fingerprint density at radius 2 is 1.07 bits per heavy atom. The second-order valence-electron chi connectivity index (χ2n) is 9.60. The first kappa shape index (κ1) is 21.9. The van der Waals surface area contributed by atoms with Crippen molar-refractivity contribution in [2.75, 3.05) is 4.90 Å².